The monoisotopic (exact) mass is 1250 g/mol. The number of carbonyl (C=O) groups excluding carboxylic acids is 3. The number of phenols is 2. The smallest absolute Gasteiger partial charge is 0.547 e. The molecule has 3 aliphatic heterocycles. The van der Waals surface area contributed by atoms with Crippen LogP contribution in [0.4, 0.5) is 0 Å². The number of hydrogen-bond donors (Lipinski definition) is 5. The van der Waals surface area contributed by atoms with E-state index in [0.29, 0.717) is 52.4 Å². The van der Waals surface area contributed by atoms with Crippen LogP contribution >= 0.6 is 11.6 Å². The average Bonchev–Trinajstić information content (AvgIpc) is 0.675. The molecule has 2 spiro atoms. The van der Waals surface area contributed by atoms with Gasteiger partial charge in [-0.2, -0.15) is 9.78 Å². The van der Waals surface area contributed by atoms with Crippen LogP contribution in [0.3, 0.4) is 0 Å². The van der Waals surface area contributed by atoms with Crippen molar-refractivity contribution in [2.45, 2.75) is 198 Å². The molecule has 0 aromatic heterocycles. The Balaban J connectivity index is 0.000000174. The number of rotatable bonds is 8. The van der Waals surface area contributed by atoms with Crippen molar-refractivity contribution >= 4 is 29.3 Å². The van der Waals surface area contributed by atoms with Gasteiger partial charge in [0.15, 0.2) is 11.2 Å². The van der Waals surface area contributed by atoms with Gasteiger partial charge in [-0.05, 0) is 205 Å². The Morgan fingerprint density at radius 2 is 1.07 bits per heavy atom. The number of phenolic OH excluding ortho intramolecular Hbond substituents is 2. The molecule has 5 N–H and O–H groups in total. The molecular formula is C67H92ClNaO18. The van der Waals surface area contributed by atoms with Crippen molar-refractivity contribution in [2.75, 3.05) is 21.1 Å². The number of halogens is 1. The number of Topliss-reactive ketones (excluding diaryl/α,β-unsaturated/α-hetero) is 1. The molecule has 15 aliphatic rings. The fourth-order valence-corrected chi connectivity index (χ4v) is 17.9. The maximum Gasteiger partial charge on any atom is 1.00 e. The first kappa shape index (κ1) is 57.5. The first-order valence-electron chi connectivity index (χ1n) is 35.6. The normalized spacial score (nSPS) is 42.7. The number of carboxylic acids is 1. The Morgan fingerprint density at radius 3 is 1.47 bits per heavy atom. The maximum atomic E-state index is 11.6. The Hall–Kier alpha value is -3.44. The van der Waals surface area contributed by atoms with Gasteiger partial charge in [0.2, 0.25) is 6.29 Å². The number of aliphatic carboxylic acids is 1. The van der Waals surface area contributed by atoms with Crippen molar-refractivity contribution in [3.63, 3.8) is 0 Å². The standard InChI is InChI=1S/C25H32O10.C18H22O4.C10H14O.C8H7ClO3.3C2H6.Na/c1-23(30)19(27)18(26)22(33-20(23)21(28)29)32-17-5-3-4-14(11-17)25(31-2)24(34-35-25)15-7-12-6-13(9-15)10-16(24)8-12;1-20-18(13-3-2-4-16(19)10-13)17(21-22-18)14-6-11-5-12(8-14)9-15(17)7-11;11-10-8-2-6-1-7(4-8)5-9(10)3-6;1-12-8(11)5-2-3-6(9)7(10)4-5;3*1-2;/h3-5,11-13,15-16,18-20,22,26-27,30H,6-10H2,1-2H3,(H,28,29);2-4,10-12,14-15,19H,5-9H2,1H3;6-9H,1-5H2;2-4,10H,1H3;3*1-2H3;/q;;;;;;;+1/p-1/t12?,13?,15?,16?,18?,19-,20?,22-,23+,24?,25?;;;;;;;/m1......./s1/i2D3;1D3;;1D3;;;;. The molecule has 0 amide bonds. The van der Waals surface area contributed by atoms with Crippen LogP contribution in [0.15, 0.2) is 66.7 Å². The number of ether oxygens (including phenoxy) is 5. The van der Waals surface area contributed by atoms with Crippen molar-refractivity contribution in [1.29, 1.82) is 0 Å². The molecule has 20 heteroatoms. The molecule has 18 rings (SSSR count). The molecular weight excluding hydrogens is 1150 g/mol. The minimum atomic E-state index is -2.82. The third-order valence-corrected chi connectivity index (χ3v) is 21.1. The van der Waals surface area contributed by atoms with E-state index in [0.717, 1.165) is 76.2 Å². The first-order valence-corrected chi connectivity index (χ1v) is 31.5. The molecule has 3 saturated heterocycles. The van der Waals surface area contributed by atoms with Gasteiger partial charge in [0.05, 0.1) is 35.9 Å². The van der Waals surface area contributed by atoms with Crippen LogP contribution in [0.1, 0.15) is 179 Å². The predicted molar refractivity (Wildman–Crippen MR) is 313 cm³/mol. The predicted octanol–water partition coefficient (Wildman–Crippen LogP) is 7.24. The number of methoxy groups -OCH3 is 3. The Morgan fingerprint density at radius 1 is 0.621 bits per heavy atom. The molecule has 3 aromatic carbocycles. The zero-order valence-corrected chi connectivity index (χ0v) is 53.9. The summed E-state index contributed by atoms with van der Waals surface area (Å²) in [5, 5.41) is 61.9. The first-order chi connectivity index (χ1) is 44.7. The largest absolute Gasteiger partial charge is 1.00 e. The zero-order valence-electron chi connectivity index (χ0n) is 60.1. The summed E-state index contributed by atoms with van der Waals surface area (Å²) < 4.78 is 93.4. The molecule has 12 saturated carbocycles. The van der Waals surface area contributed by atoms with Gasteiger partial charge < -0.3 is 59.1 Å². The minimum absolute atomic E-state index is 0. The van der Waals surface area contributed by atoms with Gasteiger partial charge in [-0.25, -0.2) is 14.6 Å². The van der Waals surface area contributed by atoms with Crippen molar-refractivity contribution < 1.29 is 130 Å². The number of hydrogen-bond acceptors (Lipinski definition) is 18. The van der Waals surface area contributed by atoms with Crippen molar-refractivity contribution in [3.8, 4) is 17.2 Å². The molecule has 3 heterocycles. The van der Waals surface area contributed by atoms with E-state index in [1.165, 1.54) is 75.3 Å². The van der Waals surface area contributed by atoms with E-state index in [2.05, 4.69) is 4.74 Å². The molecule has 18 nitrogen and oxygen atoms in total. The number of carbonyl (C=O) groups is 3. The zero-order chi connectivity index (χ0) is 69.8. The summed E-state index contributed by atoms with van der Waals surface area (Å²) in [6, 6.07) is 16.2. The summed E-state index contributed by atoms with van der Waals surface area (Å²) in [4.78, 5) is 57.1. The van der Waals surface area contributed by atoms with Gasteiger partial charge in [0.1, 0.15) is 46.9 Å². The number of esters is 1. The minimum Gasteiger partial charge on any atom is -0.547 e. The Bertz CT molecular complexity index is 3100. The van der Waals surface area contributed by atoms with Crippen molar-refractivity contribution in [2.24, 2.45) is 71.0 Å². The third-order valence-electron chi connectivity index (χ3n) is 20.7. The summed E-state index contributed by atoms with van der Waals surface area (Å²) in [5.41, 5.74) is -3.35. The SMILES string of the molecule is CC.CC.CC.O=C1C2CC3CC(C2)CC1C3.[2H]C([2H])([2H])OC(=O)c1ccc(Cl)c(O)c1.[2H]C([2H])([2H])OC1(c2cccc(O)c2)OOC12C1CC3CC(C1)CC2C3.[2H]C([2H])([2H])OC1(c2cccc(O[C@@H]3OC(C(=O)[O-])[C@@](C)(O)[C@H](O)C3O)c2)OOC12C1CC3CC(C1)CC2C3.[Na+]. The second-order valence-electron chi connectivity index (χ2n) is 25.3. The number of carboxylic acid groups (broad SMARTS) is 1. The number of aromatic hydroxyl groups is 2. The number of aliphatic hydroxyl groups is 3. The molecule has 12 bridgehead atoms. The van der Waals surface area contributed by atoms with Crippen LogP contribution in [-0.4, -0.2) is 106 Å². The third kappa shape index (κ3) is 12.2. The summed E-state index contributed by atoms with van der Waals surface area (Å²) in [6.45, 7) is 13.0. The number of benzene rings is 3. The van der Waals surface area contributed by atoms with Crippen molar-refractivity contribution in [3.05, 3.63) is 88.4 Å². The molecule has 4 unspecified atom stereocenters. The Kier molecular flexibility index (Phi) is 18.6. The number of ketones is 1. The molecule has 3 aromatic rings. The van der Waals surface area contributed by atoms with Crippen LogP contribution in [0.25, 0.3) is 0 Å². The van der Waals surface area contributed by atoms with E-state index >= 15 is 0 Å². The van der Waals surface area contributed by atoms with Gasteiger partial charge >= 0.3 is 35.5 Å². The molecule has 7 atom stereocenters. The van der Waals surface area contributed by atoms with E-state index < -0.39 is 86.0 Å². The average molecular weight is 1250 g/mol. The van der Waals surface area contributed by atoms with E-state index in [4.69, 9.17) is 67.5 Å². The molecule has 476 valence electrons. The summed E-state index contributed by atoms with van der Waals surface area (Å²) in [6.07, 6.45) is 9.15. The van der Waals surface area contributed by atoms with E-state index in [-0.39, 0.29) is 81.1 Å². The second kappa shape index (κ2) is 28.2. The molecule has 12 aliphatic carbocycles. The number of aliphatic hydroxyl groups excluding tert-OH is 2. The fourth-order valence-electron chi connectivity index (χ4n) is 17.8. The molecule has 87 heavy (non-hydrogen) atoms. The Labute approximate surface area is 552 Å². The van der Waals surface area contributed by atoms with Crippen LogP contribution in [0.2, 0.25) is 5.02 Å². The van der Waals surface area contributed by atoms with Crippen LogP contribution in [0, 0.1) is 71.0 Å². The quantitative estimate of drug-likeness (QED) is 0.0846. The van der Waals surface area contributed by atoms with Crippen molar-refractivity contribution in [1.82, 2.24) is 0 Å². The fraction of sp³-hybridized carbons (Fsp3) is 0.687. The van der Waals surface area contributed by atoms with Gasteiger partial charge in [-0.3, -0.25) is 4.79 Å². The van der Waals surface area contributed by atoms with Gasteiger partial charge in [-0.1, -0.05) is 77.4 Å². The van der Waals surface area contributed by atoms with E-state index in [1.807, 2.05) is 41.5 Å². The van der Waals surface area contributed by atoms with Crippen LogP contribution in [0.5, 0.6) is 17.2 Å². The van der Waals surface area contributed by atoms with Gasteiger partial charge in [0, 0.05) is 37.0 Å². The van der Waals surface area contributed by atoms with Gasteiger partial charge in [-0.15, -0.1) is 0 Å². The van der Waals surface area contributed by atoms with Crippen LogP contribution < -0.4 is 39.4 Å². The molecule has 0 radical (unpaired) electrons. The van der Waals surface area contributed by atoms with E-state index in [1.54, 1.807) is 30.3 Å². The second-order valence-corrected chi connectivity index (χ2v) is 25.7. The molecule has 15 fully saturated rings. The van der Waals surface area contributed by atoms with Crippen LogP contribution in [-0.2, 0) is 59.7 Å². The summed E-state index contributed by atoms with van der Waals surface area (Å²) in [7, 11) is -8.24. The van der Waals surface area contributed by atoms with E-state index in [9.17, 15) is 39.9 Å². The maximum absolute atomic E-state index is 11.6. The van der Waals surface area contributed by atoms with Gasteiger partial charge in [0.25, 0.3) is 11.6 Å². The summed E-state index contributed by atoms with van der Waals surface area (Å²) >= 11 is 5.51. The summed E-state index contributed by atoms with van der Waals surface area (Å²) in [5.74, 6) is 0.325. The topological polar surface area (TPSA) is 258 Å².